The van der Waals surface area contributed by atoms with Crippen LogP contribution in [0.1, 0.15) is 27.2 Å². The van der Waals surface area contributed by atoms with Crippen LogP contribution < -0.4 is 5.32 Å². The second kappa shape index (κ2) is 6.64. The fourth-order valence-electron chi connectivity index (χ4n) is 2.58. The van der Waals surface area contributed by atoms with Gasteiger partial charge in [0.2, 0.25) is 0 Å². The molecule has 0 fully saturated rings. The smallest absolute Gasteiger partial charge is 0.395 e. The number of nitrogens with one attached hydrogen (secondary N) is 1. The molecule has 0 bridgehead atoms. The first-order valence-electron chi connectivity index (χ1n) is 7.49. The summed E-state index contributed by atoms with van der Waals surface area (Å²) in [4.78, 5) is 19.8. The molecule has 130 valence electrons. The third-order valence-electron chi connectivity index (χ3n) is 3.78. The Morgan fingerprint density at radius 3 is 2.72 bits per heavy atom. The van der Waals surface area contributed by atoms with Crippen molar-refractivity contribution in [1.82, 2.24) is 10.3 Å². The molecule has 2 aromatic rings. The molecule has 0 aliphatic carbocycles. The standard InChI is InChI=1S/C17H14F3N3O2/c18-17(19,20)12-5-11-7-21-9-14(11)13(6-12)10-1-2-15(23-8-10)16(25)22-3-4-24/h1-2,5-6,8-9,24H,3-4,7H2,(H,22,25). The lowest BCUT2D eigenvalue weighted by Gasteiger charge is -2.13. The highest BCUT2D eigenvalue weighted by molar-refractivity contribution is 5.95. The van der Waals surface area contributed by atoms with Gasteiger partial charge in [0.15, 0.2) is 0 Å². The van der Waals surface area contributed by atoms with Gasteiger partial charge < -0.3 is 10.4 Å². The van der Waals surface area contributed by atoms with Crippen LogP contribution in [0.5, 0.6) is 0 Å². The molecule has 0 saturated carbocycles. The van der Waals surface area contributed by atoms with Crippen LogP contribution in [-0.4, -0.2) is 35.4 Å². The van der Waals surface area contributed by atoms with Gasteiger partial charge in [-0.2, -0.15) is 13.2 Å². The average Bonchev–Trinajstić information content (AvgIpc) is 3.07. The highest BCUT2D eigenvalue weighted by Gasteiger charge is 2.32. The van der Waals surface area contributed by atoms with E-state index in [0.717, 1.165) is 12.1 Å². The summed E-state index contributed by atoms with van der Waals surface area (Å²) < 4.78 is 39.3. The van der Waals surface area contributed by atoms with Crippen LogP contribution in [0.2, 0.25) is 0 Å². The number of amides is 1. The normalized spacial score (nSPS) is 13.0. The molecule has 2 heterocycles. The minimum absolute atomic E-state index is 0.0971. The molecule has 0 saturated heterocycles. The third-order valence-corrected chi connectivity index (χ3v) is 3.78. The Morgan fingerprint density at radius 2 is 2.08 bits per heavy atom. The second-order valence-electron chi connectivity index (χ2n) is 5.48. The van der Waals surface area contributed by atoms with Gasteiger partial charge in [-0.05, 0) is 29.3 Å². The van der Waals surface area contributed by atoms with Crippen LogP contribution in [0.25, 0.3) is 11.1 Å². The van der Waals surface area contributed by atoms with Crippen molar-refractivity contribution in [2.45, 2.75) is 12.7 Å². The molecule has 1 aliphatic rings. The zero-order valence-electron chi connectivity index (χ0n) is 13.0. The van der Waals surface area contributed by atoms with Crippen LogP contribution in [-0.2, 0) is 12.7 Å². The molecule has 1 aromatic heterocycles. The van der Waals surface area contributed by atoms with Crippen LogP contribution in [0.15, 0.2) is 35.5 Å². The topological polar surface area (TPSA) is 74.6 Å². The van der Waals surface area contributed by atoms with Gasteiger partial charge in [0.05, 0.1) is 18.7 Å². The summed E-state index contributed by atoms with van der Waals surface area (Å²) in [5, 5.41) is 11.2. The molecule has 1 aromatic carbocycles. The monoisotopic (exact) mass is 349 g/mol. The van der Waals surface area contributed by atoms with Gasteiger partial charge in [0, 0.05) is 30.1 Å². The molecule has 1 aliphatic heterocycles. The maximum absolute atomic E-state index is 13.1. The van der Waals surface area contributed by atoms with Crippen molar-refractivity contribution in [3.8, 4) is 11.1 Å². The number of rotatable bonds is 4. The molecule has 5 nitrogen and oxygen atoms in total. The lowest BCUT2D eigenvalue weighted by molar-refractivity contribution is -0.137. The van der Waals surface area contributed by atoms with Gasteiger partial charge in [-0.3, -0.25) is 14.8 Å². The summed E-state index contributed by atoms with van der Waals surface area (Å²) in [6.07, 6.45) is -1.55. The zero-order valence-corrected chi connectivity index (χ0v) is 13.0. The van der Waals surface area contributed by atoms with E-state index >= 15 is 0 Å². The number of fused-ring (bicyclic) bond motifs is 1. The Morgan fingerprint density at radius 1 is 1.28 bits per heavy atom. The number of halogens is 3. The first-order chi connectivity index (χ1) is 11.9. The first kappa shape index (κ1) is 17.1. The first-order valence-corrected chi connectivity index (χ1v) is 7.49. The SMILES string of the molecule is O=C(NCCO)c1ccc(-c2cc(C(F)(F)F)cc3c2C=NC3)cn1. The zero-order chi connectivity index (χ0) is 18.0. The van der Waals surface area contributed by atoms with E-state index in [1.165, 1.54) is 12.3 Å². The fourth-order valence-corrected chi connectivity index (χ4v) is 2.58. The summed E-state index contributed by atoms with van der Waals surface area (Å²) in [6, 6.07) is 5.15. The maximum Gasteiger partial charge on any atom is 0.416 e. The number of hydrogen-bond donors (Lipinski definition) is 2. The molecule has 0 atom stereocenters. The molecule has 8 heteroatoms. The van der Waals surface area contributed by atoms with Gasteiger partial charge in [-0.15, -0.1) is 0 Å². The maximum atomic E-state index is 13.1. The lowest BCUT2D eigenvalue weighted by Crippen LogP contribution is -2.27. The number of aromatic nitrogens is 1. The van der Waals surface area contributed by atoms with Gasteiger partial charge in [-0.25, -0.2) is 0 Å². The van der Waals surface area contributed by atoms with E-state index in [1.54, 1.807) is 12.3 Å². The van der Waals surface area contributed by atoms with Crippen LogP contribution >= 0.6 is 0 Å². The van der Waals surface area contributed by atoms with Crippen LogP contribution in [0, 0.1) is 0 Å². The van der Waals surface area contributed by atoms with Gasteiger partial charge >= 0.3 is 6.18 Å². The van der Waals surface area contributed by atoms with Crippen LogP contribution in [0.4, 0.5) is 13.2 Å². The number of benzene rings is 1. The number of alkyl halides is 3. The molecule has 0 radical (unpaired) electrons. The highest BCUT2D eigenvalue weighted by atomic mass is 19.4. The van der Waals surface area contributed by atoms with E-state index in [-0.39, 0.29) is 25.4 Å². The van der Waals surface area contributed by atoms with Crippen molar-refractivity contribution >= 4 is 12.1 Å². The molecular weight excluding hydrogens is 335 g/mol. The largest absolute Gasteiger partial charge is 0.416 e. The molecular formula is C17H14F3N3O2. The highest BCUT2D eigenvalue weighted by Crippen LogP contribution is 2.36. The van der Waals surface area contributed by atoms with Gasteiger partial charge in [0.1, 0.15) is 5.69 Å². The van der Waals surface area contributed by atoms with E-state index in [4.69, 9.17) is 5.11 Å². The quantitative estimate of drug-likeness (QED) is 0.890. The third kappa shape index (κ3) is 3.53. The van der Waals surface area contributed by atoms with Crippen molar-refractivity contribution in [2.24, 2.45) is 4.99 Å². The summed E-state index contributed by atoms with van der Waals surface area (Å²) in [5.74, 6) is -0.462. The number of nitrogens with zero attached hydrogens (tertiary/aromatic N) is 2. The predicted molar refractivity (Wildman–Crippen MR) is 85.4 cm³/mol. The molecule has 0 spiro atoms. The van der Waals surface area contributed by atoms with Crippen molar-refractivity contribution in [1.29, 1.82) is 0 Å². The minimum atomic E-state index is -4.45. The number of carbonyl (C=O) groups excluding carboxylic acids is 1. The number of aliphatic imine (C=N–C) groups is 1. The number of pyridine rings is 1. The summed E-state index contributed by atoms with van der Waals surface area (Å²) in [6.45, 7) is 0.112. The fraction of sp³-hybridized carbons (Fsp3) is 0.235. The molecule has 2 N–H and O–H groups in total. The van der Waals surface area contributed by atoms with Gasteiger partial charge in [-0.1, -0.05) is 6.07 Å². The van der Waals surface area contributed by atoms with Crippen molar-refractivity contribution in [3.63, 3.8) is 0 Å². The summed E-state index contributed by atoms with van der Waals surface area (Å²) in [5.41, 5.74) is 1.36. The number of aliphatic hydroxyl groups is 1. The molecule has 25 heavy (non-hydrogen) atoms. The van der Waals surface area contributed by atoms with Crippen molar-refractivity contribution in [2.75, 3.05) is 13.2 Å². The summed E-state index contributed by atoms with van der Waals surface area (Å²) in [7, 11) is 0. The second-order valence-corrected chi connectivity index (χ2v) is 5.48. The Labute approximate surface area is 141 Å². The minimum Gasteiger partial charge on any atom is -0.395 e. The van der Waals surface area contributed by atoms with E-state index in [9.17, 15) is 18.0 Å². The Kier molecular flexibility index (Phi) is 4.54. The van der Waals surface area contributed by atoms with E-state index in [0.29, 0.717) is 22.3 Å². The van der Waals surface area contributed by atoms with E-state index in [1.807, 2.05) is 0 Å². The van der Waals surface area contributed by atoms with E-state index < -0.39 is 17.6 Å². The average molecular weight is 349 g/mol. The molecule has 1 amide bonds. The molecule has 3 rings (SSSR count). The number of aliphatic hydroxyl groups excluding tert-OH is 1. The Bertz CT molecular complexity index is 830. The Balaban J connectivity index is 1.98. The van der Waals surface area contributed by atoms with Crippen molar-refractivity contribution < 1.29 is 23.1 Å². The Hall–Kier alpha value is -2.74. The van der Waals surface area contributed by atoms with E-state index in [2.05, 4.69) is 15.3 Å². The molecule has 0 unspecified atom stereocenters. The predicted octanol–water partition coefficient (Wildman–Crippen LogP) is 2.42. The number of carbonyl (C=O) groups is 1. The lowest BCUT2D eigenvalue weighted by atomic mass is 9.95. The van der Waals surface area contributed by atoms with Crippen molar-refractivity contribution in [3.05, 3.63) is 52.8 Å². The van der Waals surface area contributed by atoms with Crippen LogP contribution in [0.3, 0.4) is 0 Å². The summed E-state index contributed by atoms with van der Waals surface area (Å²) >= 11 is 0. The number of hydrogen-bond acceptors (Lipinski definition) is 4. The van der Waals surface area contributed by atoms with Gasteiger partial charge in [0.25, 0.3) is 5.91 Å².